The molecule has 0 unspecified atom stereocenters. The van der Waals surface area contributed by atoms with Crippen LogP contribution >= 0.6 is 0 Å². The Kier molecular flexibility index (Phi) is 5.96. The van der Waals surface area contributed by atoms with Gasteiger partial charge in [0.15, 0.2) is 0 Å². The molecule has 1 fully saturated rings. The minimum absolute atomic E-state index is 0.293. The van der Waals surface area contributed by atoms with E-state index in [-0.39, 0.29) is 0 Å². The number of nitrogens with one attached hydrogen (secondary N) is 1. The predicted octanol–water partition coefficient (Wildman–Crippen LogP) is 5.28. The van der Waals surface area contributed by atoms with Gasteiger partial charge in [0.25, 0.3) is 0 Å². The Morgan fingerprint density at radius 2 is 1.77 bits per heavy atom. The summed E-state index contributed by atoms with van der Waals surface area (Å²) < 4.78 is 6.08. The van der Waals surface area contributed by atoms with E-state index in [0.29, 0.717) is 25.2 Å². The maximum atomic E-state index is 10.9. The number of aromatic amines is 1. The first kappa shape index (κ1) is 22.2. The van der Waals surface area contributed by atoms with Crippen LogP contribution < -0.4 is 9.64 Å². The van der Waals surface area contributed by atoms with E-state index in [1.54, 1.807) is 0 Å². The number of aliphatic hydroxyl groups excluding tert-OH is 1. The van der Waals surface area contributed by atoms with E-state index in [1.165, 1.54) is 16.5 Å². The first-order valence-electron chi connectivity index (χ1n) is 12.7. The lowest BCUT2D eigenvalue weighted by molar-refractivity contribution is 0.0409. The number of fused-ring (bicyclic) bond motifs is 6. The average molecular weight is 468 g/mol. The maximum absolute atomic E-state index is 10.9. The van der Waals surface area contributed by atoms with Crippen LogP contribution in [0, 0.1) is 6.92 Å². The first-order valence-corrected chi connectivity index (χ1v) is 12.7. The van der Waals surface area contributed by atoms with Crippen molar-refractivity contribution in [2.75, 3.05) is 31.1 Å². The van der Waals surface area contributed by atoms with Gasteiger partial charge in [0, 0.05) is 54.0 Å². The standard InChI is InChI=1S/C30H33N3O2/c1-21-15-28-29(31-21)11-6-12-30(28)35-20-27(34)19-32-17-26-10-5-4-9-25(32)18-33(26)24-14-13-22-7-2-3-8-23(22)16-24/h2-8,11-16,25-27,31,34H,9-10,17-20H2,1H3/b5-4-/t25-,26-,27-/m1/s1. The van der Waals surface area contributed by atoms with Crippen LogP contribution in [0.25, 0.3) is 21.7 Å². The van der Waals surface area contributed by atoms with Crippen LogP contribution in [0.1, 0.15) is 18.5 Å². The Morgan fingerprint density at radius 3 is 2.66 bits per heavy atom. The summed E-state index contributed by atoms with van der Waals surface area (Å²) in [6, 6.07) is 24.3. The molecule has 35 heavy (non-hydrogen) atoms. The van der Waals surface area contributed by atoms with Crippen LogP contribution in [0.3, 0.4) is 0 Å². The highest BCUT2D eigenvalue weighted by molar-refractivity contribution is 5.87. The minimum Gasteiger partial charge on any atom is -0.490 e. The number of nitrogens with zero attached hydrogens (tertiary/aromatic N) is 2. The molecule has 1 aromatic heterocycles. The third kappa shape index (κ3) is 4.54. The molecule has 3 aromatic carbocycles. The first-order chi connectivity index (χ1) is 17.1. The number of H-pyrrole nitrogens is 1. The van der Waals surface area contributed by atoms with E-state index in [1.807, 2.05) is 19.1 Å². The number of hydrogen-bond donors (Lipinski definition) is 2. The Labute approximate surface area is 206 Å². The highest BCUT2D eigenvalue weighted by atomic mass is 16.5. The van der Waals surface area contributed by atoms with Crippen molar-refractivity contribution in [3.63, 3.8) is 0 Å². The molecular weight excluding hydrogens is 434 g/mol. The van der Waals surface area contributed by atoms with Gasteiger partial charge >= 0.3 is 0 Å². The summed E-state index contributed by atoms with van der Waals surface area (Å²) in [7, 11) is 0. The summed E-state index contributed by atoms with van der Waals surface area (Å²) in [6.07, 6.45) is 6.15. The van der Waals surface area contributed by atoms with Crippen LogP contribution in [0.4, 0.5) is 5.69 Å². The van der Waals surface area contributed by atoms with Gasteiger partial charge in [-0.3, -0.25) is 4.90 Å². The van der Waals surface area contributed by atoms with Crippen LogP contribution in [0.15, 0.2) is 78.9 Å². The monoisotopic (exact) mass is 467 g/mol. The van der Waals surface area contributed by atoms with Gasteiger partial charge in [0.1, 0.15) is 18.5 Å². The molecule has 3 atom stereocenters. The summed E-state index contributed by atoms with van der Waals surface area (Å²) in [5.74, 6) is 0.825. The lowest BCUT2D eigenvalue weighted by Gasteiger charge is -2.48. The number of rotatable bonds is 6. The molecule has 4 heterocycles. The molecule has 5 nitrogen and oxygen atoms in total. The van der Waals surface area contributed by atoms with E-state index in [0.717, 1.165) is 48.3 Å². The second-order valence-corrected chi connectivity index (χ2v) is 10.0. The van der Waals surface area contributed by atoms with Crippen molar-refractivity contribution in [1.29, 1.82) is 0 Å². The average Bonchev–Trinajstić information content (AvgIpc) is 3.24. The Hall–Kier alpha value is -3.28. The summed E-state index contributed by atoms with van der Waals surface area (Å²) in [6.45, 7) is 4.89. The minimum atomic E-state index is -0.538. The molecule has 2 N–H and O–H groups in total. The maximum Gasteiger partial charge on any atom is 0.128 e. The number of aryl methyl sites for hydroxylation is 1. The van der Waals surface area contributed by atoms with E-state index in [2.05, 4.69) is 81.5 Å². The molecule has 1 saturated heterocycles. The van der Waals surface area contributed by atoms with Crippen molar-refractivity contribution < 1.29 is 9.84 Å². The number of anilines is 1. The van der Waals surface area contributed by atoms with Gasteiger partial charge in [-0.2, -0.15) is 0 Å². The fourth-order valence-electron chi connectivity index (χ4n) is 5.74. The topological polar surface area (TPSA) is 51.7 Å². The number of piperazine rings is 1. The molecular formula is C30H33N3O2. The fourth-order valence-corrected chi connectivity index (χ4v) is 5.74. The van der Waals surface area contributed by atoms with E-state index in [9.17, 15) is 5.11 Å². The zero-order chi connectivity index (χ0) is 23.8. The molecule has 3 aliphatic rings. The normalized spacial score (nSPS) is 22.3. The smallest absolute Gasteiger partial charge is 0.128 e. The van der Waals surface area contributed by atoms with Crippen LogP contribution in [0.5, 0.6) is 5.75 Å². The van der Waals surface area contributed by atoms with Crippen LogP contribution in [-0.4, -0.2) is 59.4 Å². The molecule has 2 bridgehead atoms. The van der Waals surface area contributed by atoms with Gasteiger partial charge in [0.2, 0.25) is 0 Å². The van der Waals surface area contributed by atoms with Crippen molar-refractivity contribution in [2.45, 2.75) is 38.0 Å². The molecule has 4 aromatic rings. The molecule has 0 saturated carbocycles. The predicted molar refractivity (Wildman–Crippen MR) is 143 cm³/mol. The lowest BCUT2D eigenvalue weighted by atomic mass is 9.96. The van der Waals surface area contributed by atoms with Gasteiger partial charge in [-0.1, -0.05) is 48.6 Å². The second kappa shape index (κ2) is 9.40. The third-order valence-corrected chi connectivity index (χ3v) is 7.49. The van der Waals surface area contributed by atoms with E-state index < -0.39 is 6.10 Å². The second-order valence-electron chi connectivity index (χ2n) is 10.0. The highest BCUT2D eigenvalue weighted by Crippen LogP contribution is 2.31. The number of aliphatic hydroxyl groups is 1. The summed E-state index contributed by atoms with van der Waals surface area (Å²) in [4.78, 5) is 8.40. The molecule has 0 radical (unpaired) electrons. The fraction of sp³-hybridized carbons (Fsp3) is 0.333. The van der Waals surface area contributed by atoms with Gasteiger partial charge in [-0.25, -0.2) is 0 Å². The SMILES string of the molecule is Cc1cc2c(OC[C@H](O)CN3C[C@H]4C/C=C\C[C@@H]3CN4c3ccc4ccccc4c3)cccc2[nH]1. The number of benzene rings is 3. The van der Waals surface area contributed by atoms with Crippen LogP contribution in [-0.2, 0) is 0 Å². The zero-order valence-corrected chi connectivity index (χ0v) is 20.2. The molecule has 7 rings (SSSR count). The zero-order valence-electron chi connectivity index (χ0n) is 20.2. The van der Waals surface area contributed by atoms with Crippen molar-refractivity contribution in [3.05, 3.63) is 84.6 Å². The molecule has 3 aliphatic heterocycles. The van der Waals surface area contributed by atoms with E-state index >= 15 is 0 Å². The number of aromatic nitrogens is 1. The number of ether oxygens (including phenoxy) is 1. The van der Waals surface area contributed by atoms with E-state index in [4.69, 9.17) is 4.74 Å². The van der Waals surface area contributed by atoms with Gasteiger partial charge in [-0.05, 0) is 60.9 Å². The van der Waals surface area contributed by atoms with Gasteiger partial charge < -0.3 is 19.7 Å². The summed E-state index contributed by atoms with van der Waals surface area (Å²) >= 11 is 0. The largest absolute Gasteiger partial charge is 0.490 e. The molecule has 180 valence electrons. The Morgan fingerprint density at radius 1 is 0.943 bits per heavy atom. The van der Waals surface area contributed by atoms with Gasteiger partial charge in [-0.15, -0.1) is 0 Å². The summed E-state index contributed by atoms with van der Waals surface area (Å²) in [5, 5.41) is 14.6. The number of hydrogen-bond acceptors (Lipinski definition) is 4. The Bertz CT molecular complexity index is 1360. The quantitative estimate of drug-likeness (QED) is 0.379. The molecule has 5 heteroatoms. The van der Waals surface area contributed by atoms with Crippen LogP contribution in [0.2, 0.25) is 0 Å². The highest BCUT2D eigenvalue weighted by Gasteiger charge is 2.35. The van der Waals surface area contributed by atoms with Crippen molar-refractivity contribution >= 4 is 27.4 Å². The Balaban J connectivity index is 1.14. The lowest BCUT2D eigenvalue weighted by Crippen LogP contribution is -2.60. The van der Waals surface area contributed by atoms with Crippen molar-refractivity contribution in [2.24, 2.45) is 0 Å². The van der Waals surface area contributed by atoms with Gasteiger partial charge in [0.05, 0.1) is 0 Å². The third-order valence-electron chi connectivity index (χ3n) is 7.49. The molecule has 0 aliphatic carbocycles. The molecule has 0 amide bonds. The van der Waals surface area contributed by atoms with Crippen molar-refractivity contribution in [3.8, 4) is 5.75 Å². The summed E-state index contributed by atoms with van der Waals surface area (Å²) in [5.41, 5.74) is 3.47. The van der Waals surface area contributed by atoms with Crippen molar-refractivity contribution in [1.82, 2.24) is 9.88 Å². The molecule has 0 spiro atoms.